The summed E-state index contributed by atoms with van der Waals surface area (Å²) in [7, 11) is 1.61. The van der Waals surface area contributed by atoms with Crippen LogP contribution in [0.1, 0.15) is 29.3 Å². The molecule has 0 saturated carbocycles. The molecule has 0 aromatic heterocycles. The summed E-state index contributed by atoms with van der Waals surface area (Å²) in [4.78, 5) is 15.5. The number of rotatable bonds is 5. The van der Waals surface area contributed by atoms with Gasteiger partial charge in [-0.3, -0.25) is 4.79 Å². The molecule has 18 heavy (non-hydrogen) atoms. The third-order valence-corrected chi connectivity index (χ3v) is 2.43. The van der Waals surface area contributed by atoms with Crippen LogP contribution < -0.4 is 16.4 Å². The van der Waals surface area contributed by atoms with E-state index in [4.69, 9.17) is 5.73 Å². The molecule has 0 bridgehead atoms. The summed E-state index contributed by atoms with van der Waals surface area (Å²) in [6.07, 6.45) is 1.01. The summed E-state index contributed by atoms with van der Waals surface area (Å²) < 4.78 is 0. The Kier molecular flexibility index (Phi) is 5.70. The van der Waals surface area contributed by atoms with Gasteiger partial charge < -0.3 is 16.4 Å². The minimum atomic E-state index is -0.0887. The highest BCUT2D eigenvalue weighted by Crippen LogP contribution is 2.05. The molecule has 98 valence electrons. The maximum absolute atomic E-state index is 11.3. The average Bonchev–Trinajstić information content (AvgIpc) is 2.42. The summed E-state index contributed by atoms with van der Waals surface area (Å²) >= 11 is 0. The fourth-order valence-electron chi connectivity index (χ4n) is 1.39. The summed E-state index contributed by atoms with van der Waals surface area (Å²) in [6, 6.07) is 7.31. The number of carbonyl (C=O) groups excluding carboxylic acids is 1. The zero-order valence-electron chi connectivity index (χ0n) is 10.9. The van der Waals surface area contributed by atoms with Crippen molar-refractivity contribution in [3.05, 3.63) is 35.4 Å². The summed E-state index contributed by atoms with van der Waals surface area (Å²) in [5.41, 5.74) is 7.34. The molecular weight excluding hydrogens is 228 g/mol. The molecule has 0 fully saturated rings. The maximum atomic E-state index is 11.3. The van der Waals surface area contributed by atoms with Crippen LogP contribution in [0.25, 0.3) is 0 Å². The summed E-state index contributed by atoms with van der Waals surface area (Å²) in [5, 5.41) is 5.58. The van der Waals surface area contributed by atoms with Gasteiger partial charge >= 0.3 is 0 Å². The maximum Gasteiger partial charge on any atom is 0.251 e. The molecule has 0 atom stereocenters. The van der Waals surface area contributed by atoms with Crippen molar-refractivity contribution in [3.63, 3.8) is 0 Å². The second kappa shape index (κ2) is 7.32. The topological polar surface area (TPSA) is 79.5 Å². The lowest BCUT2D eigenvalue weighted by molar-refractivity contribution is 0.0963. The van der Waals surface area contributed by atoms with Gasteiger partial charge in [-0.2, -0.15) is 0 Å². The van der Waals surface area contributed by atoms with Crippen LogP contribution in [0.3, 0.4) is 0 Å². The largest absolute Gasteiger partial charge is 0.370 e. The highest BCUT2D eigenvalue weighted by molar-refractivity contribution is 5.93. The van der Waals surface area contributed by atoms with Crippen LogP contribution in [0.5, 0.6) is 0 Å². The molecule has 0 aliphatic rings. The van der Waals surface area contributed by atoms with E-state index in [2.05, 4.69) is 22.5 Å². The minimum Gasteiger partial charge on any atom is -0.370 e. The molecule has 0 aliphatic carbocycles. The molecule has 0 aliphatic heterocycles. The Balaban J connectivity index is 2.56. The Labute approximate surface area is 107 Å². The van der Waals surface area contributed by atoms with Crippen molar-refractivity contribution in [1.29, 1.82) is 0 Å². The van der Waals surface area contributed by atoms with Crippen LogP contribution in [0.2, 0.25) is 0 Å². The molecule has 0 heterocycles. The summed E-state index contributed by atoms with van der Waals surface area (Å²) in [6.45, 7) is 3.40. The number of hydrogen-bond donors (Lipinski definition) is 3. The van der Waals surface area contributed by atoms with Crippen LogP contribution in [-0.4, -0.2) is 25.5 Å². The van der Waals surface area contributed by atoms with Crippen molar-refractivity contribution < 1.29 is 4.79 Å². The van der Waals surface area contributed by atoms with Gasteiger partial charge in [0.05, 0.1) is 6.54 Å². The molecule has 0 spiro atoms. The number of aliphatic imine (C=N–C) groups is 1. The highest BCUT2D eigenvalue weighted by atomic mass is 16.1. The van der Waals surface area contributed by atoms with Gasteiger partial charge in [-0.05, 0) is 24.1 Å². The molecule has 1 aromatic rings. The molecule has 0 unspecified atom stereocenters. The second-order valence-electron chi connectivity index (χ2n) is 3.90. The predicted molar refractivity (Wildman–Crippen MR) is 73.5 cm³/mol. The fourth-order valence-corrected chi connectivity index (χ4v) is 1.39. The van der Waals surface area contributed by atoms with Crippen LogP contribution in [0.4, 0.5) is 0 Å². The fraction of sp³-hybridized carbons (Fsp3) is 0.385. The van der Waals surface area contributed by atoms with E-state index in [0.29, 0.717) is 18.1 Å². The quantitative estimate of drug-likeness (QED) is 0.534. The van der Waals surface area contributed by atoms with Crippen LogP contribution >= 0.6 is 0 Å². The van der Waals surface area contributed by atoms with E-state index in [1.807, 2.05) is 12.1 Å². The molecule has 1 aromatic carbocycles. The lowest BCUT2D eigenvalue weighted by Crippen LogP contribution is -2.32. The lowest BCUT2D eigenvalue weighted by atomic mass is 10.1. The average molecular weight is 248 g/mol. The van der Waals surface area contributed by atoms with E-state index in [-0.39, 0.29) is 5.91 Å². The van der Waals surface area contributed by atoms with Crippen molar-refractivity contribution in [1.82, 2.24) is 10.6 Å². The molecular formula is C13H20N4O. The van der Waals surface area contributed by atoms with Gasteiger partial charge in [0.1, 0.15) is 0 Å². The van der Waals surface area contributed by atoms with E-state index >= 15 is 0 Å². The second-order valence-corrected chi connectivity index (χ2v) is 3.90. The lowest BCUT2D eigenvalue weighted by Gasteiger charge is -2.04. The van der Waals surface area contributed by atoms with E-state index in [1.54, 1.807) is 19.2 Å². The Morgan fingerprint density at radius 3 is 2.56 bits per heavy atom. The van der Waals surface area contributed by atoms with Gasteiger partial charge in [0, 0.05) is 19.2 Å². The smallest absolute Gasteiger partial charge is 0.251 e. The number of benzene rings is 1. The number of carbonyl (C=O) groups is 1. The normalized spacial score (nSPS) is 11.1. The molecule has 1 amide bonds. The van der Waals surface area contributed by atoms with Gasteiger partial charge in [-0.1, -0.05) is 19.1 Å². The Morgan fingerprint density at radius 2 is 2.00 bits per heavy atom. The van der Waals surface area contributed by atoms with Crippen molar-refractivity contribution in [3.8, 4) is 0 Å². The number of nitrogens with one attached hydrogen (secondary N) is 2. The Morgan fingerprint density at radius 1 is 1.33 bits per heavy atom. The first-order chi connectivity index (χ1) is 8.67. The number of hydrogen-bond acceptors (Lipinski definition) is 2. The molecule has 5 heteroatoms. The van der Waals surface area contributed by atoms with Gasteiger partial charge in [-0.15, -0.1) is 0 Å². The van der Waals surface area contributed by atoms with E-state index in [9.17, 15) is 4.79 Å². The molecule has 0 radical (unpaired) electrons. The monoisotopic (exact) mass is 248 g/mol. The van der Waals surface area contributed by atoms with Crippen LogP contribution in [0.15, 0.2) is 29.3 Å². The van der Waals surface area contributed by atoms with Gasteiger partial charge in [-0.25, -0.2) is 4.99 Å². The number of guanidine groups is 1. The molecule has 5 nitrogen and oxygen atoms in total. The standard InChI is InChI=1S/C13H20N4O/c1-3-8-16-13(14)17-9-10-4-6-11(7-5-10)12(18)15-2/h4-7H,3,8-9H2,1-2H3,(H,15,18)(H3,14,16,17). The molecule has 1 rings (SSSR count). The van der Waals surface area contributed by atoms with Gasteiger partial charge in [0.15, 0.2) is 5.96 Å². The predicted octanol–water partition coefficient (Wildman–Crippen LogP) is 0.860. The third-order valence-electron chi connectivity index (χ3n) is 2.43. The first-order valence-electron chi connectivity index (χ1n) is 6.02. The van der Waals surface area contributed by atoms with Crippen LogP contribution in [-0.2, 0) is 6.54 Å². The Bertz CT molecular complexity index is 412. The zero-order chi connectivity index (χ0) is 13.4. The minimum absolute atomic E-state index is 0.0887. The van der Waals surface area contributed by atoms with Crippen molar-refractivity contribution >= 4 is 11.9 Å². The van der Waals surface area contributed by atoms with Gasteiger partial charge in [0.25, 0.3) is 5.91 Å². The first-order valence-corrected chi connectivity index (χ1v) is 6.02. The Hall–Kier alpha value is -2.04. The van der Waals surface area contributed by atoms with E-state index in [0.717, 1.165) is 18.5 Å². The summed E-state index contributed by atoms with van der Waals surface area (Å²) in [5.74, 6) is 0.362. The third kappa shape index (κ3) is 4.45. The first kappa shape index (κ1) is 14.0. The van der Waals surface area contributed by atoms with Crippen molar-refractivity contribution in [2.75, 3.05) is 13.6 Å². The van der Waals surface area contributed by atoms with Crippen molar-refractivity contribution in [2.45, 2.75) is 19.9 Å². The zero-order valence-corrected chi connectivity index (χ0v) is 10.9. The van der Waals surface area contributed by atoms with Crippen LogP contribution in [0, 0.1) is 0 Å². The number of nitrogens with zero attached hydrogens (tertiary/aromatic N) is 1. The van der Waals surface area contributed by atoms with E-state index < -0.39 is 0 Å². The molecule has 0 saturated heterocycles. The molecule has 4 N–H and O–H groups in total. The van der Waals surface area contributed by atoms with E-state index in [1.165, 1.54) is 0 Å². The highest BCUT2D eigenvalue weighted by Gasteiger charge is 2.01. The van der Waals surface area contributed by atoms with Gasteiger partial charge in [0.2, 0.25) is 0 Å². The van der Waals surface area contributed by atoms with Crippen molar-refractivity contribution in [2.24, 2.45) is 10.7 Å². The number of nitrogens with two attached hydrogens (primary N) is 1. The number of amides is 1. The SMILES string of the molecule is CCCNC(N)=NCc1ccc(C(=O)NC)cc1.